The summed E-state index contributed by atoms with van der Waals surface area (Å²) in [5, 5.41) is 20.9. The summed E-state index contributed by atoms with van der Waals surface area (Å²) in [4.78, 5) is 24.6. The van der Waals surface area contributed by atoms with Crippen LogP contribution in [0.3, 0.4) is 0 Å². The summed E-state index contributed by atoms with van der Waals surface area (Å²) in [5.74, 6) is -0.232. The van der Waals surface area contributed by atoms with Gasteiger partial charge in [-0.3, -0.25) is 9.59 Å². The monoisotopic (exact) mass is 1040 g/mol. The quantitative estimate of drug-likeness (QED) is 0.0318. The van der Waals surface area contributed by atoms with Crippen molar-refractivity contribution >= 4 is 11.8 Å². The van der Waals surface area contributed by atoms with Gasteiger partial charge in [0.05, 0.1) is 18.8 Å². The summed E-state index contributed by atoms with van der Waals surface area (Å²) in [6.07, 6.45) is 78.4. The normalized spacial score (nSPS) is 13.3. The van der Waals surface area contributed by atoms with Crippen molar-refractivity contribution < 1.29 is 24.5 Å². The molecule has 0 fully saturated rings. The zero-order valence-electron chi connectivity index (χ0n) is 49.8. The molecule has 0 saturated carbocycles. The Hall–Kier alpha value is -1.76. The Morgan fingerprint density at radius 3 is 1.03 bits per heavy atom. The summed E-state index contributed by atoms with van der Waals surface area (Å²) in [7, 11) is 0. The molecule has 0 heterocycles. The fourth-order valence-corrected chi connectivity index (χ4v) is 10.4. The van der Waals surface area contributed by atoms with Crippen molar-refractivity contribution in [3.8, 4) is 0 Å². The maximum Gasteiger partial charge on any atom is 0.305 e. The van der Waals surface area contributed by atoms with E-state index in [1.807, 2.05) is 6.08 Å². The van der Waals surface area contributed by atoms with Crippen LogP contribution < -0.4 is 5.73 Å². The molecule has 4 N–H and O–H groups in total. The number of Topliss-reactive ketones (excluding diaryl/α,β-unsaturated/α-hetero) is 1. The summed E-state index contributed by atoms with van der Waals surface area (Å²) in [6.45, 7) is 5.13. The van der Waals surface area contributed by atoms with E-state index in [0.717, 1.165) is 57.8 Å². The number of unbranched alkanes of at least 4 members (excludes halogenated alkanes) is 47. The van der Waals surface area contributed by atoms with Crippen LogP contribution in [0.5, 0.6) is 0 Å². The van der Waals surface area contributed by atoms with E-state index in [1.54, 1.807) is 6.08 Å². The number of carbonyl (C=O) groups is 2. The Morgan fingerprint density at radius 2 is 0.649 bits per heavy atom. The zero-order chi connectivity index (χ0) is 53.7. The second-order valence-electron chi connectivity index (χ2n) is 22.9. The molecule has 0 radical (unpaired) electrons. The molecule has 6 nitrogen and oxygen atoms in total. The Balaban J connectivity index is 3.35. The number of rotatable bonds is 62. The Labute approximate surface area is 461 Å². The molecule has 0 spiro atoms. The highest BCUT2D eigenvalue weighted by atomic mass is 16.5. The van der Waals surface area contributed by atoms with Gasteiger partial charge in [0.25, 0.3) is 0 Å². The minimum absolute atomic E-state index is 0.00396. The number of allylic oxidation sites excluding steroid dienone is 5. The van der Waals surface area contributed by atoms with E-state index in [-0.39, 0.29) is 11.8 Å². The van der Waals surface area contributed by atoms with Gasteiger partial charge in [0, 0.05) is 12.8 Å². The first-order valence-corrected chi connectivity index (χ1v) is 33.2. The molecule has 0 aliphatic rings. The van der Waals surface area contributed by atoms with Crippen LogP contribution in [0.1, 0.15) is 361 Å². The minimum atomic E-state index is -1.30. The van der Waals surface area contributed by atoms with Crippen molar-refractivity contribution in [1.29, 1.82) is 0 Å². The lowest BCUT2D eigenvalue weighted by Gasteiger charge is -2.21. The molecule has 0 rings (SSSR count). The van der Waals surface area contributed by atoms with Crippen molar-refractivity contribution in [2.75, 3.05) is 6.61 Å². The summed E-state index contributed by atoms with van der Waals surface area (Å²) < 4.78 is 5.48. The van der Waals surface area contributed by atoms with E-state index in [0.29, 0.717) is 19.4 Å². The van der Waals surface area contributed by atoms with Crippen LogP contribution >= 0.6 is 0 Å². The first kappa shape index (κ1) is 72.2. The number of hydrogen-bond acceptors (Lipinski definition) is 6. The van der Waals surface area contributed by atoms with Crippen LogP contribution in [0.15, 0.2) is 36.5 Å². The number of ether oxygens (including phenoxy) is 1. The van der Waals surface area contributed by atoms with Crippen molar-refractivity contribution in [3.05, 3.63) is 36.5 Å². The molecule has 436 valence electrons. The molecule has 1 unspecified atom stereocenters. The Morgan fingerprint density at radius 1 is 0.365 bits per heavy atom. The van der Waals surface area contributed by atoms with Crippen molar-refractivity contribution in [2.24, 2.45) is 5.73 Å². The van der Waals surface area contributed by atoms with Gasteiger partial charge in [-0.15, -0.1) is 0 Å². The van der Waals surface area contributed by atoms with Crippen LogP contribution in [-0.4, -0.2) is 46.8 Å². The fraction of sp³-hybridized carbons (Fsp3) is 0.882. The first-order valence-electron chi connectivity index (χ1n) is 33.2. The third-order valence-corrected chi connectivity index (χ3v) is 15.6. The largest absolute Gasteiger partial charge is 0.466 e. The molecule has 0 aromatic heterocycles. The average molecular weight is 1040 g/mol. The molecule has 0 aliphatic carbocycles. The predicted octanol–water partition coefficient (Wildman–Crippen LogP) is 20.9. The van der Waals surface area contributed by atoms with Gasteiger partial charge in [0.1, 0.15) is 6.10 Å². The van der Waals surface area contributed by atoms with E-state index in [1.165, 1.54) is 276 Å². The number of aliphatic hydroxyl groups excluding tert-OH is 2. The van der Waals surface area contributed by atoms with Crippen molar-refractivity contribution in [3.63, 3.8) is 0 Å². The maximum absolute atomic E-state index is 12.5. The summed E-state index contributed by atoms with van der Waals surface area (Å²) in [6, 6.07) is -0.958. The zero-order valence-corrected chi connectivity index (χ0v) is 49.8. The third kappa shape index (κ3) is 56.4. The number of nitrogens with two attached hydrogens (primary N) is 1. The van der Waals surface area contributed by atoms with Gasteiger partial charge in [-0.05, 0) is 64.2 Å². The van der Waals surface area contributed by atoms with E-state index in [4.69, 9.17) is 10.5 Å². The van der Waals surface area contributed by atoms with Gasteiger partial charge in [0.2, 0.25) is 0 Å². The highest BCUT2D eigenvalue weighted by Gasteiger charge is 2.26. The van der Waals surface area contributed by atoms with Gasteiger partial charge >= 0.3 is 5.97 Å². The van der Waals surface area contributed by atoms with Crippen molar-refractivity contribution in [1.82, 2.24) is 0 Å². The van der Waals surface area contributed by atoms with E-state index >= 15 is 0 Å². The number of aliphatic hydroxyl groups is 2. The lowest BCUT2D eigenvalue weighted by molar-refractivity contribution is -0.143. The molecule has 0 aromatic carbocycles. The van der Waals surface area contributed by atoms with Gasteiger partial charge in [-0.25, -0.2) is 0 Å². The fourth-order valence-electron chi connectivity index (χ4n) is 10.4. The second kappa shape index (κ2) is 62.1. The molecule has 0 aromatic rings. The number of esters is 1. The molecule has 0 saturated heterocycles. The molecule has 0 amide bonds. The maximum atomic E-state index is 12.5. The third-order valence-electron chi connectivity index (χ3n) is 15.6. The minimum Gasteiger partial charge on any atom is -0.466 e. The van der Waals surface area contributed by atoms with E-state index in [2.05, 4.69) is 38.2 Å². The second-order valence-corrected chi connectivity index (χ2v) is 22.9. The van der Waals surface area contributed by atoms with Gasteiger partial charge in [-0.1, -0.05) is 320 Å². The number of hydrogen-bond donors (Lipinski definition) is 3. The van der Waals surface area contributed by atoms with Crippen LogP contribution in [0, 0.1) is 0 Å². The lowest BCUT2D eigenvalue weighted by Crippen LogP contribution is -2.47. The van der Waals surface area contributed by atoms with E-state index < -0.39 is 18.2 Å². The number of ketones is 1. The smallest absolute Gasteiger partial charge is 0.305 e. The summed E-state index contributed by atoms with van der Waals surface area (Å²) >= 11 is 0. The van der Waals surface area contributed by atoms with Gasteiger partial charge in [0.15, 0.2) is 5.78 Å². The van der Waals surface area contributed by atoms with E-state index in [9.17, 15) is 19.8 Å². The van der Waals surface area contributed by atoms with Gasteiger partial charge < -0.3 is 20.7 Å². The van der Waals surface area contributed by atoms with Crippen molar-refractivity contribution in [2.45, 2.75) is 379 Å². The molecular formula is C68H129NO5. The molecular weight excluding hydrogens is 911 g/mol. The Bertz CT molecular complexity index is 1210. The predicted molar refractivity (Wildman–Crippen MR) is 324 cm³/mol. The SMILES string of the molecule is CCCCC/C=C\C/C=C\CCCCCCCC(=O)OCCCCCCCCCCCCCCCCCCCCCCCCCCCCCCCC(=O)C(O)[C@H](N)[C@H](O)/C=C/CCCCCCCCCCCCC. The Kier molecular flexibility index (Phi) is 60.6. The topological polar surface area (TPSA) is 110 Å². The molecule has 0 aliphatic heterocycles. The summed E-state index contributed by atoms with van der Waals surface area (Å²) in [5.41, 5.74) is 6.06. The highest BCUT2D eigenvalue weighted by molar-refractivity contribution is 5.83. The van der Waals surface area contributed by atoms with Crippen LogP contribution in [0.25, 0.3) is 0 Å². The van der Waals surface area contributed by atoms with Crippen LogP contribution in [0.2, 0.25) is 0 Å². The molecule has 6 heteroatoms. The molecule has 74 heavy (non-hydrogen) atoms. The molecule has 3 atom stereocenters. The molecule has 0 bridgehead atoms. The lowest BCUT2D eigenvalue weighted by atomic mass is 9.97. The number of carbonyl (C=O) groups excluding carboxylic acids is 2. The van der Waals surface area contributed by atoms with Crippen LogP contribution in [0.4, 0.5) is 0 Å². The van der Waals surface area contributed by atoms with Gasteiger partial charge in [-0.2, -0.15) is 0 Å². The first-order chi connectivity index (χ1) is 36.4. The standard InChI is InChI=1S/C68H129NO5/c1-3-5-7-9-11-13-15-17-33-38-42-46-50-54-58-62-66(72)74-63-59-55-51-47-43-39-35-32-30-28-26-24-22-20-18-19-21-23-25-27-29-31-34-37-41-45-49-53-57-61-65(71)68(73)67(69)64(70)60-56-52-48-44-40-36-16-14-12-10-8-6-4-2/h11,13,17,33,56,60,64,67-68,70,73H,3-10,12,14-16,18-32,34-55,57-59,61-63,69H2,1-2H3/b13-11-,33-17-,60-56+/t64-,67-,68?/m1/s1. The average Bonchev–Trinajstić information content (AvgIpc) is 3.40. The highest BCUT2D eigenvalue weighted by Crippen LogP contribution is 2.19. The van der Waals surface area contributed by atoms with Crippen LogP contribution in [-0.2, 0) is 14.3 Å².